The van der Waals surface area contributed by atoms with Gasteiger partial charge in [0, 0.05) is 10.9 Å². The highest BCUT2D eigenvalue weighted by atomic mass is 79.9. The third-order valence-corrected chi connectivity index (χ3v) is 2.77. The number of hydrogen-bond donors (Lipinski definition) is 0. The molecule has 0 radical (unpaired) electrons. The van der Waals surface area contributed by atoms with Crippen LogP contribution in [0.15, 0.2) is 22.7 Å². The van der Waals surface area contributed by atoms with Crippen molar-refractivity contribution >= 4 is 15.9 Å². The lowest BCUT2D eigenvalue weighted by Gasteiger charge is -2.03. The summed E-state index contributed by atoms with van der Waals surface area (Å²) in [6, 6.07) is 8.50. The van der Waals surface area contributed by atoms with Gasteiger partial charge >= 0.3 is 0 Å². The normalized spacial score (nSPS) is 9.62. The molecular weight excluding hydrogens is 226 g/mol. The molecule has 1 aromatic rings. The maximum Gasteiger partial charge on any atom is 0.0625 e. The van der Waals surface area contributed by atoms with Crippen LogP contribution in [0.4, 0.5) is 0 Å². The van der Waals surface area contributed by atoms with Crippen LogP contribution in [0, 0.1) is 11.3 Å². The van der Waals surface area contributed by atoms with Crippen molar-refractivity contribution in [3.8, 4) is 6.07 Å². The van der Waals surface area contributed by atoms with Gasteiger partial charge in [-0.3, -0.25) is 0 Å². The largest absolute Gasteiger partial charge is 0.198 e. The molecule has 1 rings (SSSR count). The smallest absolute Gasteiger partial charge is 0.0625 e. The highest BCUT2D eigenvalue weighted by Crippen LogP contribution is 2.20. The van der Waals surface area contributed by atoms with Gasteiger partial charge in [-0.15, -0.1) is 0 Å². The molecule has 13 heavy (non-hydrogen) atoms. The summed E-state index contributed by atoms with van der Waals surface area (Å²) < 4.78 is 1.13. The highest BCUT2D eigenvalue weighted by molar-refractivity contribution is 9.10. The van der Waals surface area contributed by atoms with Crippen LogP contribution in [0.5, 0.6) is 0 Å². The second-order valence-corrected chi connectivity index (χ2v) is 3.79. The van der Waals surface area contributed by atoms with E-state index in [9.17, 15) is 0 Å². The zero-order chi connectivity index (χ0) is 9.68. The molecule has 0 aliphatic rings. The van der Waals surface area contributed by atoms with E-state index in [1.807, 2.05) is 0 Å². The summed E-state index contributed by atoms with van der Waals surface area (Å²) in [5, 5.41) is 8.45. The molecule has 0 unspecified atom stereocenters. The van der Waals surface area contributed by atoms with Crippen molar-refractivity contribution in [1.82, 2.24) is 0 Å². The topological polar surface area (TPSA) is 23.8 Å². The van der Waals surface area contributed by atoms with Gasteiger partial charge in [0.2, 0.25) is 0 Å². The zero-order valence-corrected chi connectivity index (χ0v) is 9.26. The van der Waals surface area contributed by atoms with Gasteiger partial charge in [0.05, 0.1) is 6.07 Å². The monoisotopic (exact) mass is 237 g/mol. The Morgan fingerprint density at radius 3 is 2.77 bits per heavy atom. The molecule has 0 saturated carbocycles. The van der Waals surface area contributed by atoms with E-state index in [1.165, 1.54) is 11.1 Å². The Hall–Kier alpha value is -0.810. The van der Waals surface area contributed by atoms with E-state index in [0.717, 1.165) is 17.3 Å². The maximum absolute atomic E-state index is 8.45. The minimum atomic E-state index is 0.587. The molecule has 0 amide bonds. The minimum absolute atomic E-state index is 0.587. The summed E-state index contributed by atoms with van der Waals surface area (Å²) in [7, 11) is 0. The second-order valence-electron chi connectivity index (χ2n) is 2.94. The van der Waals surface area contributed by atoms with E-state index < -0.39 is 0 Å². The molecular formula is C11H12BrN. The number of halogens is 1. The van der Waals surface area contributed by atoms with Gasteiger partial charge in [0.15, 0.2) is 0 Å². The fourth-order valence-electron chi connectivity index (χ4n) is 1.20. The van der Waals surface area contributed by atoms with Crippen molar-refractivity contribution in [3.63, 3.8) is 0 Å². The van der Waals surface area contributed by atoms with Gasteiger partial charge in [0.1, 0.15) is 0 Å². The van der Waals surface area contributed by atoms with Gasteiger partial charge in [-0.25, -0.2) is 0 Å². The predicted molar refractivity (Wildman–Crippen MR) is 57.5 cm³/mol. The lowest BCUT2D eigenvalue weighted by molar-refractivity contribution is 0.997. The number of rotatable bonds is 3. The average molecular weight is 238 g/mol. The molecule has 0 fully saturated rings. The second kappa shape index (κ2) is 5.04. The molecule has 0 spiro atoms. The Kier molecular flexibility index (Phi) is 3.98. The molecule has 0 N–H and O–H groups in total. The Bertz CT molecular complexity index is 325. The molecule has 0 atom stereocenters. The van der Waals surface area contributed by atoms with Crippen molar-refractivity contribution in [2.75, 3.05) is 0 Å². The molecule has 0 aromatic heterocycles. The number of nitrogens with zero attached hydrogens (tertiary/aromatic N) is 1. The molecule has 2 heteroatoms. The van der Waals surface area contributed by atoms with Crippen molar-refractivity contribution in [2.24, 2.45) is 0 Å². The zero-order valence-electron chi connectivity index (χ0n) is 7.68. The Morgan fingerprint density at radius 2 is 2.23 bits per heavy atom. The first kappa shape index (κ1) is 10.3. The van der Waals surface area contributed by atoms with Crippen molar-refractivity contribution in [2.45, 2.75) is 26.2 Å². The van der Waals surface area contributed by atoms with Crippen LogP contribution >= 0.6 is 15.9 Å². The first-order chi connectivity index (χ1) is 6.27. The van der Waals surface area contributed by atoms with Gasteiger partial charge < -0.3 is 0 Å². The van der Waals surface area contributed by atoms with E-state index in [4.69, 9.17) is 5.26 Å². The van der Waals surface area contributed by atoms with Gasteiger partial charge in [0.25, 0.3) is 0 Å². The van der Waals surface area contributed by atoms with Crippen LogP contribution < -0.4 is 0 Å². The molecule has 68 valence electrons. The summed E-state index contributed by atoms with van der Waals surface area (Å²) >= 11 is 3.51. The molecule has 1 nitrogen and oxygen atoms in total. The third kappa shape index (κ3) is 2.86. The summed E-state index contributed by atoms with van der Waals surface area (Å²) in [5.41, 5.74) is 2.55. The van der Waals surface area contributed by atoms with Crippen LogP contribution in [0.3, 0.4) is 0 Å². The lowest BCUT2D eigenvalue weighted by atomic mass is 10.1. The summed E-state index contributed by atoms with van der Waals surface area (Å²) in [6.07, 6.45) is 2.47. The standard InChI is InChI=1S/C11H12BrN/c1-2-9-5-6-10(4-3-7-13)11(12)8-9/h5-6,8H,2-4H2,1H3. The van der Waals surface area contributed by atoms with Crippen molar-refractivity contribution < 1.29 is 0 Å². The minimum Gasteiger partial charge on any atom is -0.198 e. The van der Waals surface area contributed by atoms with E-state index in [-0.39, 0.29) is 0 Å². The fourth-order valence-corrected chi connectivity index (χ4v) is 1.83. The van der Waals surface area contributed by atoms with Crippen molar-refractivity contribution in [3.05, 3.63) is 33.8 Å². The molecule has 0 heterocycles. The average Bonchev–Trinajstić information content (AvgIpc) is 2.16. The number of hydrogen-bond acceptors (Lipinski definition) is 1. The lowest BCUT2D eigenvalue weighted by Crippen LogP contribution is -1.88. The molecule has 0 bridgehead atoms. The summed E-state index contributed by atoms with van der Waals surface area (Å²) in [6.45, 7) is 2.14. The third-order valence-electron chi connectivity index (χ3n) is 2.03. The Balaban J connectivity index is 2.80. The fraction of sp³-hybridized carbons (Fsp3) is 0.364. The van der Waals surface area contributed by atoms with E-state index in [2.05, 4.69) is 47.1 Å². The van der Waals surface area contributed by atoms with Crippen LogP contribution in [0.2, 0.25) is 0 Å². The van der Waals surface area contributed by atoms with E-state index >= 15 is 0 Å². The Labute approximate surface area is 87.5 Å². The maximum atomic E-state index is 8.45. The van der Waals surface area contributed by atoms with E-state index in [0.29, 0.717) is 6.42 Å². The van der Waals surface area contributed by atoms with Gasteiger partial charge in [-0.05, 0) is 30.0 Å². The Morgan fingerprint density at radius 1 is 1.46 bits per heavy atom. The molecule has 0 saturated heterocycles. The highest BCUT2D eigenvalue weighted by Gasteiger charge is 1.99. The first-order valence-electron chi connectivity index (χ1n) is 4.42. The van der Waals surface area contributed by atoms with Crippen LogP contribution in [-0.4, -0.2) is 0 Å². The number of benzene rings is 1. The molecule has 0 aliphatic carbocycles. The van der Waals surface area contributed by atoms with Gasteiger partial charge in [-0.1, -0.05) is 35.0 Å². The summed E-state index contributed by atoms with van der Waals surface area (Å²) in [4.78, 5) is 0. The molecule has 0 aliphatic heterocycles. The molecule has 1 aromatic carbocycles. The van der Waals surface area contributed by atoms with Crippen LogP contribution in [0.1, 0.15) is 24.5 Å². The number of nitriles is 1. The number of aryl methyl sites for hydroxylation is 2. The van der Waals surface area contributed by atoms with Crippen LogP contribution in [-0.2, 0) is 12.8 Å². The first-order valence-corrected chi connectivity index (χ1v) is 5.21. The van der Waals surface area contributed by atoms with Gasteiger partial charge in [-0.2, -0.15) is 5.26 Å². The van der Waals surface area contributed by atoms with E-state index in [1.54, 1.807) is 0 Å². The summed E-state index contributed by atoms with van der Waals surface area (Å²) in [5.74, 6) is 0. The quantitative estimate of drug-likeness (QED) is 0.790. The van der Waals surface area contributed by atoms with Crippen molar-refractivity contribution in [1.29, 1.82) is 5.26 Å². The SMILES string of the molecule is CCc1ccc(CCC#N)c(Br)c1. The predicted octanol–water partition coefficient (Wildman–Crippen LogP) is 3.47. The van der Waals surface area contributed by atoms with Crippen LogP contribution in [0.25, 0.3) is 0 Å².